The van der Waals surface area contributed by atoms with Crippen LogP contribution < -0.4 is 21.1 Å². The highest BCUT2D eigenvalue weighted by atomic mass is 16.5. The van der Waals surface area contributed by atoms with E-state index in [9.17, 15) is 14.4 Å². The van der Waals surface area contributed by atoms with Crippen LogP contribution in [0.3, 0.4) is 0 Å². The molecular formula is C19H18N4O4. The molecule has 3 rings (SSSR count). The van der Waals surface area contributed by atoms with Gasteiger partial charge >= 0.3 is 0 Å². The summed E-state index contributed by atoms with van der Waals surface area (Å²) in [6, 6.07) is 13.1. The van der Waals surface area contributed by atoms with Gasteiger partial charge in [-0.2, -0.15) is 5.10 Å². The lowest BCUT2D eigenvalue weighted by Crippen LogP contribution is -2.42. The van der Waals surface area contributed by atoms with Crippen LogP contribution in [0.15, 0.2) is 53.3 Å². The number of hydrazine groups is 1. The molecule has 2 amide bonds. The van der Waals surface area contributed by atoms with Crippen LogP contribution in [0.2, 0.25) is 0 Å². The molecule has 0 bridgehead atoms. The highest BCUT2D eigenvalue weighted by Crippen LogP contribution is 2.14. The third-order valence-electron chi connectivity index (χ3n) is 3.69. The standard InChI is InChI=1S/C19H18N4O4/c1-11(2)27-13-9-7-12(8-10-13)17(24)21-23-19(26)16-14-5-3-4-6-15(14)18(25)22-20-16/h3-11H,1-2H3,(H,21,24)(H,22,25)(H,23,26). The first-order valence-corrected chi connectivity index (χ1v) is 8.30. The monoisotopic (exact) mass is 366 g/mol. The van der Waals surface area contributed by atoms with Crippen LogP contribution >= 0.6 is 0 Å². The maximum absolute atomic E-state index is 12.4. The number of carbonyl (C=O) groups is 2. The van der Waals surface area contributed by atoms with Crippen molar-refractivity contribution in [1.29, 1.82) is 0 Å². The van der Waals surface area contributed by atoms with E-state index in [1.807, 2.05) is 13.8 Å². The molecule has 0 radical (unpaired) electrons. The van der Waals surface area contributed by atoms with Gasteiger partial charge < -0.3 is 4.74 Å². The minimum absolute atomic E-state index is 0.00572. The zero-order chi connectivity index (χ0) is 19.4. The smallest absolute Gasteiger partial charge is 0.290 e. The SMILES string of the molecule is CC(C)Oc1ccc(C(=O)NNC(=O)c2n[nH]c(=O)c3ccccc23)cc1. The number of amides is 2. The van der Waals surface area contributed by atoms with Gasteiger partial charge in [0.2, 0.25) is 0 Å². The molecule has 1 aromatic heterocycles. The molecule has 0 aliphatic carbocycles. The van der Waals surface area contributed by atoms with Crippen molar-refractivity contribution in [1.82, 2.24) is 21.0 Å². The zero-order valence-electron chi connectivity index (χ0n) is 14.8. The Kier molecular flexibility index (Phi) is 5.16. The predicted molar refractivity (Wildman–Crippen MR) is 99.5 cm³/mol. The minimum atomic E-state index is -0.643. The lowest BCUT2D eigenvalue weighted by atomic mass is 10.1. The van der Waals surface area contributed by atoms with E-state index in [2.05, 4.69) is 21.0 Å². The van der Waals surface area contributed by atoms with Crippen LogP contribution in [0.1, 0.15) is 34.7 Å². The molecule has 3 N–H and O–H groups in total. The second-order valence-electron chi connectivity index (χ2n) is 6.05. The number of fused-ring (bicyclic) bond motifs is 1. The quantitative estimate of drug-likeness (QED) is 0.609. The van der Waals surface area contributed by atoms with Crippen LogP contribution in [0.4, 0.5) is 0 Å². The molecule has 2 aromatic carbocycles. The van der Waals surface area contributed by atoms with Crippen LogP contribution in [0.25, 0.3) is 10.8 Å². The van der Waals surface area contributed by atoms with Gasteiger partial charge in [-0.25, -0.2) is 5.10 Å². The van der Waals surface area contributed by atoms with Crippen molar-refractivity contribution in [2.45, 2.75) is 20.0 Å². The van der Waals surface area contributed by atoms with E-state index in [1.54, 1.807) is 48.5 Å². The van der Waals surface area contributed by atoms with Gasteiger partial charge in [0.15, 0.2) is 5.69 Å². The molecule has 8 heteroatoms. The fourth-order valence-electron chi connectivity index (χ4n) is 2.49. The zero-order valence-corrected chi connectivity index (χ0v) is 14.8. The average Bonchev–Trinajstić information content (AvgIpc) is 2.66. The molecule has 3 aromatic rings. The molecule has 0 fully saturated rings. The summed E-state index contributed by atoms with van der Waals surface area (Å²) in [7, 11) is 0. The van der Waals surface area contributed by atoms with Crippen molar-refractivity contribution >= 4 is 22.6 Å². The number of ether oxygens (including phenoxy) is 1. The molecular weight excluding hydrogens is 348 g/mol. The predicted octanol–water partition coefficient (Wildman–Crippen LogP) is 1.79. The molecule has 8 nitrogen and oxygen atoms in total. The third kappa shape index (κ3) is 4.12. The summed E-state index contributed by atoms with van der Waals surface area (Å²) in [4.78, 5) is 36.3. The topological polar surface area (TPSA) is 113 Å². The number of aromatic nitrogens is 2. The van der Waals surface area contributed by atoms with Crippen molar-refractivity contribution in [3.8, 4) is 5.75 Å². The number of nitrogens with zero attached hydrogens (tertiary/aromatic N) is 1. The number of hydrogen-bond acceptors (Lipinski definition) is 5. The van der Waals surface area contributed by atoms with Crippen molar-refractivity contribution < 1.29 is 14.3 Å². The molecule has 0 saturated carbocycles. The van der Waals surface area contributed by atoms with Gasteiger partial charge in [0.1, 0.15) is 5.75 Å². The van der Waals surface area contributed by atoms with Gasteiger partial charge in [0.25, 0.3) is 17.4 Å². The van der Waals surface area contributed by atoms with E-state index in [0.717, 1.165) is 0 Å². The van der Waals surface area contributed by atoms with E-state index < -0.39 is 17.4 Å². The second kappa shape index (κ2) is 7.69. The van der Waals surface area contributed by atoms with E-state index in [4.69, 9.17) is 4.74 Å². The number of hydrogen-bond donors (Lipinski definition) is 3. The molecule has 0 unspecified atom stereocenters. The number of carbonyl (C=O) groups excluding carboxylic acids is 2. The molecule has 27 heavy (non-hydrogen) atoms. The highest BCUT2D eigenvalue weighted by molar-refractivity contribution is 6.05. The fourth-order valence-corrected chi connectivity index (χ4v) is 2.49. The van der Waals surface area contributed by atoms with Crippen LogP contribution in [0, 0.1) is 0 Å². The Hall–Kier alpha value is -3.68. The first kappa shape index (κ1) is 18.1. The molecule has 0 atom stereocenters. The Morgan fingerprint density at radius 3 is 2.26 bits per heavy atom. The molecule has 0 spiro atoms. The van der Waals surface area contributed by atoms with Gasteiger partial charge in [-0.3, -0.25) is 25.2 Å². The maximum Gasteiger partial charge on any atom is 0.290 e. The first-order valence-electron chi connectivity index (χ1n) is 8.30. The summed E-state index contributed by atoms with van der Waals surface area (Å²) >= 11 is 0. The summed E-state index contributed by atoms with van der Waals surface area (Å²) in [5, 5.41) is 6.78. The largest absolute Gasteiger partial charge is 0.491 e. The summed E-state index contributed by atoms with van der Waals surface area (Å²) in [6.07, 6.45) is 0.0311. The van der Waals surface area contributed by atoms with E-state index >= 15 is 0 Å². The molecule has 1 heterocycles. The van der Waals surface area contributed by atoms with Gasteiger partial charge in [-0.1, -0.05) is 18.2 Å². The van der Waals surface area contributed by atoms with Gasteiger partial charge in [0.05, 0.1) is 11.5 Å². The molecule has 0 saturated heterocycles. The van der Waals surface area contributed by atoms with Crippen molar-refractivity contribution in [3.05, 3.63) is 70.1 Å². The van der Waals surface area contributed by atoms with Crippen molar-refractivity contribution in [2.24, 2.45) is 0 Å². The summed E-state index contributed by atoms with van der Waals surface area (Å²) in [5.74, 6) is -0.488. The van der Waals surface area contributed by atoms with Crippen LogP contribution in [0.5, 0.6) is 5.75 Å². The normalized spacial score (nSPS) is 10.6. The maximum atomic E-state index is 12.4. The summed E-state index contributed by atoms with van der Waals surface area (Å²) < 4.78 is 5.52. The minimum Gasteiger partial charge on any atom is -0.491 e. The molecule has 138 valence electrons. The average molecular weight is 366 g/mol. The second-order valence-corrected chi connectivity index (χ2v) is 6.05. The Morgan fingerprint density at radius 1 is 0.963 bits per heavy atom. The van der Waals surface area contributed by atoms with Crippen LogP contribution in [-0.4, -0.2) is 28.1 Å². The third-order valence-corrected chi connectivity index (χ3v) is 3.69. The lowest BCUT2D eigenvalue weighted by Gasteiger charge is -2.11. The van der Waals surface area contributed by atoms with Crippen molar-refractivity contribution in [3.63, 3.8) is 0 Å². The number of aromatic amines is 1. The van der Waals surface area contributed by atoms with Gasteiger partial charge in [-0.05, 0) is 44.2 Å². The summed E-state index contributed by atoms with van der Waals surface area (Å²) in [6.45, 7) is 3.81. The van der Waals surface area contributed by atoms with Crippen LogP contribution in [-0.2, 0) is 0 Å². The van der Waals surface area contributed by atoms with Gasteiger partial charge in [0, 0.05) is 10.9 Å². The Morgan fingerprint density at radius 2 is 1.59 bits per heavy atom. The highest BCUT2D eigenvalue weighted by Gasteiger charge is 2.15. The van der Waals surface area contributed by atoms with E-state index in [1.165, 1.54) is 0 Å². The Labute approximate surface area is 154 Å². The van der Waals surface area contributed by atoms with Gasteiger partial charge in [-0.15, -0.1) is 0 Å². The number of H-pyrrole nitrogens is 1. The lowest BCUT2D eigenvalue weighted by molar-refractivity contribution is 0.0844. The number of nitrogens with one attached hydrogen (secondary N) is 3. The first-order chi connectivity index (χ1) is 13.0. The number of benzene rings is 2. The molecule has 0 aliphatic rings. The van der Waals surface area contributed by atoms with E-state index in [0.29, 0.717) is 22.1 Å². The summed E-state index contributed by atoms with van der Waals surface area (Å²) in [5.41, 5.74) is 4.59. The fraction of sp³-hybridized carbons (Fsp3) is 0.158. The Balaban J connectivity index is 1.70. The Bertz CT molecular complexity index is 1040. The van der Waals surface area contributed by atoms with Crippen molar-refractivity contribution in [2.75, 3.05) is 0 Å². The van der Waals surface area contributed by atoms with E-state index in [-0.39, 0.29) is 11.8 Å². The molecule has 0 aliphatic heterocycles. The number of rotatable bonds is 4.